The molecule has 110 valence electrons. The van der Waals surface area contributed by atoms with E-state index in [9.17, 15) is 9.59 Å². The minimum Gasteiger partial charge on any atom is -0.478 e. The number of benzene rings is 1. The molecule has 1 heterocycles. The molecule has 0 unspecified atom stereocenters. The average molecular weight is 288 g/mol. The van der Waals surface area contributed by atoms with Crippen molar-refractivity contribution in [3.63, 3.8) is 0 Å². The molecule has 0 spiro atoms. The number of rotatable bonds is 5. The first-order valence-corrected chi connectivity index (χ1v) is 6.52. The Morgan fingerprint density at radius 3 is 2.71 bits per heavy atom. The molecule has 2 aromatic rings. The summed E-state index contributed by atoms with van der Waals surface area (Å²) in [4.78, 5) is 26.8. The lowest BCUT2D eigenvalue weighted by Gasteiger charge is -2.05. The van der Waals surface area contributed by atoms with Crippen LogP contribution in [0.3, 0.4) is 0 Å². The molecule has 0 aliphatic carbocycles. The molecule has 0 radical (unpaired) electrons. The van der Waals surface area contributed by atoms with Crippen molar-refractivity contribution in [2.75, 3.05) is 6.54 Å². The van der Waals surface area contributed by atoms with E-state index in [1.54, 1.807) is 26.0 Å². The maximum Gasteiger partial charge on any atom is 0.335 e. The van der Waals surface area contributed by atoms with Gasteiger partial charge >= 0.3 is 5.97 Å². The van der Waals surface area contributed by atoms with Crippen molar-refractivity contribution in [3.05, 3.63) is 52.7 Å². The second kappa shape index (κ2) is 6.21. The predicted octanol–water partition coefficient (Wildman–Crippen LogP) is 1.96. The fraction of sp³-hybridized carbons (Fsp3) is 0.267. The van der Waals surface area contributed by atoms with Gasteiger partial charge < -0.3 is 14.8 Å². The van der Waals surface area contributed by atoms with Gasteiger partial charge in [0.2, 0.25) is 5.76 Å². The monoisotopic (exact) mass is 288 g/mol. The minimum absolute atomic E-state index is 0.215. The van der Waals surface area contributed by atoms with Gasteiger partial charge in [-0.1, -0.05) is 12.1 Å². The number of carbonyl (C=O) groups is 2. The number of nitrogens with zero attached hydrogens (tertiary/aromatic N) is 1. The zero-order valence-corrected chi connectivity index (χ0v) is 11.8. The van der Waals surface area contributed by atoms with E-state index in [4.69, 9.17) is 9.52 Å². The fourth-order valence-corrected chi connectivity index (χ4v) is 2.00. The summed E-state index contributed by atoms with van der Waals surface area (Å²) in [6, 6.07) is 6.64. The molecule has 0 fully saturated rings. The van der Waals surface area contributed by atoms with Gasteiger partial charge in [0.15, 0.2) is 5.89 Å². The Kier molecular flexibility index (Phi) is 4.37. The summed E-state index contributed by atoms with van der Waals surface area (Å²) in [7, 11) is 0. The molecule has 1 aromatic carbocycles. The molecule has 0 bridgehead atoms. The van der Waals surface area contributed by atoms with Crippen LogP contribution in [0, 0.1) is 13.8 Å². The maximum atomic E-state index is 11.9. The molecule has 0 saturated heterocycles. The summed E-state index contributed by atoms with van der Waals surface area (Å²) >= 11 is 0. The van der Waals surface area contributed by atoms with Gasteiger partial charge in [0, 0.05) is 13.5 Å². The normalized spacial score (nSPS) is 10.4. The molecule has 6 heteroatoms. The van der Waals surface area contributed by atoms with Gasteiger partial charge in [-0.25, -0.2) is 9.78 Å². The summed E-state index contributed by atoms with van der Waals surface area (Å²) in [6.07, 6.45) is 0.541. The number of nitrogens with one attached hydrogen (secondary N) is 1. The largest absolute Gasteiger partial charge is 0.478 e. The molecule has 0 aliphatic rings. The third kappa shape index (κ3) is 3.68. The van der Waals surface area contributed by atoms with E-state index in [2.05, 4.69) is 10.3 Å². The van der Waals surface area contributed by atoms with Crippen molar-refractivity contribution in [1.82, 2.24) is 10.3 Å². The molecule has 1 aromatic heterocycles. The van der Waals surface area contributed by atoms with Gasteiger partial charge in [-0.05, 0) is 31.0 Å². The lowest BCUT2D eigenvalue weighted by Crippen LogP contribution is -2.26. The van der Waals surface area contributed by atoms with Gasteiger partial charge in [0.05, 0.1) is 11.3 Å². The Balaban J connectivity index is 1.92. The Bertz CT molecular complexity index is 676. The summed E-state index contributed by atoms with van der Waals surface area (Å²) in [5.41, 5.74) is 1.64. The van der Waals surface area contributed by atoms with Gasteiger partial charge in [-0.2, -0.15) is 0 Å². The van der Waals surface area contributed by atoms with Gasteiger partial charge in [0.25, 0.3) is 5.91 Å². The van der Waals surface area contributed by atoms with E-state index in [1.807, 2.05) is 6.07 Å². The molecule has 1 amide bonds. The van der Waals surface area contributed by atoms with Crippen LogP contribution in [0.4, 0.5) is 0 Å². The van der Waals surface area contributed by atoms with Crippen molar-refractivity contribution >= 4 is 11.9 Å². The maximum absolute atomic E-state index is 11.9. The van der Waals surface area contributed by atoms with Crippen molar-refractivity contribution in [2.24, 2.45) is 0 Å². The number of aromatic carboxylic acids is 1. The Labute approximate surface area is 121 Å². The first-order valence-electron chi connectivity index (χ1n) is 6.52. The number of carbonyl (C=O) groups excluding carboxylic acids is 1. The second-order valence-electron chi connectivity index (χ2n) is 4.66. The van der Waals surface area contributed by atoms with Crippen molar-refractivity contribution in [1.29, 1.82) is 0 Å². The zero-order valence-electron chi connectivity index (χ0n) is 11.8. The Hall–Kier alpha value is -2.63. The average Bonchev–Trinajstić information content (AvgIpc) is 2.78. The number of oxazole rings is 1. The molecule has 0 atom stereocenters. The molecule has 2 N–H and O–H groups in total. The van der Waals surface area contributed by atoms with Crippen LogP contribution in [0.5, 0.6) is 0 Å². The van der Waals surface area contributed by atoms with Crippen LogP contribution < -0.4 is 5.32 Å². The van der Waals surface area contributed by atoms with Crippen LogP contribution in [-0.2, 0) is 6.42 Å². The predicted molar refractivity (Wildman–Crippen MR) is 75.4 cm³/mol. The van der Waals surface area contributed by atoms with Crippen LogP contribution in [0.1, 0.15) is 38.1 Å². The van der Waals surface area contributed by atoms with Crippen LogP contribution in [-0.4, -0.2) is 28.5 Å². The van der Waals surface area contributed by atoms with E-state index in [0.717, 1.165) is 5.56 Å². The van der Waals surface area contributed by atoms with Crippen molar-refractivity contribution in [2.45, 2.75) is 20.3 Å². The van der Waals surface area contributed by atoms with Crippen molar-refractivity contribution in [3.8, 4) is 0 Å². The number of hydrogen-bond donors (Lipinski definition) is 2. The lowest BCUT2D eigenvalue weighted by molar-refractivity contribution is 0.0696. The van der Waals surface area contributed by atoms with Crippen molar-refractivity contribution < 1.29 is 19.1 Å². The summed E-state index contributed by atoms with van der Waals surface area (Å²) in [6.45, 7) is 3.78. The van der Waals surface area contributed by atoms with Crippen LogP contribution >= 0.6 is 0 Å². The number of hydrogen-bond acceptors (Lipinski definition) is 4. The molecule has 0 saturated carbocycles. The van der Waals surface area contributed by atoms with E-state index in [-0.39, 0.29) is 17.2 Å². The summed E-state index contributed by atoms with van der Waals surface area (Å²) in [5.74, 6) is -0.616. The molecular formula is C15H16N2O4. The first-order chi connectivity index (χ1) is 9.97. The third-order valence-electron chi connectivity index (χ3n) is 2.98. The molecule has 2 rings (SSSR count). The summed E-state index contributed by atoms with van der Waals surface area (Å²) in [5, 5.41) is 11.6. The first kappa shape index (κ1) is 14.8. The highest BCUT2D eigenvalue weighted by Crippen LogP contribution is 2.09. The van der Waals surface area contributed by atoms with Crippen LogP contribution in [0.25, 0.3) is 0 Å². The topological polar surface area (TPSA) is 92.4 Å². The Morgan fingerprint density at radius 1 is 1.33 bits per heavy atom. The van der Waals surface area contributed by atoms with E-state index < -0.39 is 5.97 Å². The Morgan fingerprint density at radius 2 is 2.10 bits per heavy atom. The highest BCUT2D eigenvalue weighted by atomic mass is 16.4. The molecular weight excluding hydrogens is 272 g/mol. The summed E-state index contributed by atoms with van der Waals surface area (Å²) < 4.78 is 5.23. The molecule has 6 nitrogen and oxygen atoms in total. The van der Waals surface area contributed by atoms with Gasteiger partial charge in [-0.15, -0.1) is 0 Å². The number of carboxylic acids is 1. The molecule has 0 aliphatic heterocycles. The molecule has 21 heavy (non-hydrogen) atoms. The number of aromatic nitrogens is 1. The highest BCUT2D eigenvalue weighted by molar-refractivity contribution is 5.92. The highest BCUT2D eigenvalue weighted by Gasteiger charge is 2.15. The van der Waals surface area contributed by atoms with Gasteiger partial charge in [-0.3, -0.25) is 4.79 Å². The van der Waals surface area contributed by atoms with Crippen LogP contribution in [0.2, 0.25) is 0 Å². The number of amides is 1. The second-order valence-corrected chi connectivity index (χ2v) is 4.66. The zero-order chi connectivity index (χ0) is 15.4. The lowest BCUT2D eigenvalue weighted by atomic mass is 10.1. The van der Waals surface area contributed by atoms with E-state index in [0.29, 0.717) is 24.6 Å². The smallest absolute Gasteiger partial charge is 0.335 e. The standard InChI is InChI=1S/C15H16N2O4/c1-9-13(21-10(2)17-9)14(18)16-7-6-11-4-3-5-12(8-11)15(19)20/h3-5,8H,6-7H2,1-2H3,(H,16,18)(H,19,20). The quantitative estimate of drug-likeness (QED) is 0.877. The third-order valence-corrected chi connectivity index (χ3v) is 2.98. The fourth-order valence-electron chi connectivity index (χ4n) is 2.00. The number of aryl methyl sites for hydroxylation is 2. The minimum atomic E-state index is -0.964. The SMILES string of the molecule is Cc1nc(C)c(C(=O)NCCc2cccc(C(=O)O)c2)o1. The van der Waals surface area contributed by atoms with Crippen LogP contribution in [0.15, 0.2) is 28.7 Å². The number of carboxylic acid groups (broad SMARTS) is 1. The van der Waals surface area contributed by atoms with E-state index in [1.165, 1.54) is 6.07 Å². The van der Waals surface area contributed by atoms with E-state index >= 15 is 0 Å². The van der Waals surface area contributed by atoms with Gasteiger partial charge in [0.1, 0.15) is 0 Å².